The predicted octanol–water partition coefficient (Wildman–Crippen LogP) is 3.27. The van der Waals surface area contributed by atoms with E-state index in [9.17, 15) is 4.79 Å². The maximum absolute atomic E-state index is 12.6. The van der Waals surface area contributed by atoms with Gasteiger partial charge in [-0.15, -0.1) is 0 Å². The van der Waals surface area contributed by atoms with E-state index in [-0.39, 0.29) is 5.91 Å². The number of methoxy groups -OCH3 is 1. The largest absolute Gasteiger partial charge is 0.493 e. The zero-order chi connectivity index (χ0) is 18.4. The van der Waals surface area contributed by atoms with Gasteiger partial charge in [0.05, 0.1) is 12.6 Å². The molecule has 26 heavy (non-hydrogen) atoms. The number of rotatable bonds is 6. The Hall–Kier alpha value is -2.60. The van der Waals surface area contributed by atoms with Crippen LogP contribution in [0.1, 0.15) is 37.7 Å². The van der Waals surface area contributed by atoms with E-state index in [2.05, 4.69) is 10.3 Å². The van der Waals surface area contributed by atoms with Gasteiger partial charge in [0.2, 0.25) is 5.91 Å². The monoisotopic (exact) mass is 355 g/mol. The van der Waals surface area contributed by atoms with Crippen LogP contribution in [0.3, 0.4) is 0 Å². The number of amides is 1. The first-order valence-corrected chi connectivity index (χ1v) is 8.91. The second-order valence-electron chi connectivity index (χ2n) is 6.69. The summed E-state index contributed by atoms with van der Waals surface area (Å²) in [6, 6.07) is 9.13. The van der Waals surface area contributed by atoms with Gasteiger partial charge in [-0.3, -0.25) is 9.78 Å². The van der Waals surface area contributed by atoms with Gasteiger partial charge in [-0.05, 0) is 31.0 Å². The highest BCUT2D eigenvalue weighted by Crippen LogP contribution is 2.32. The molecule has 2 aromatic rings. The highest BCUT2D eigenvalue weighted by atomic mass is 16.5. The maximum atomic E-state index is 12.6. The van der Waals surface area contributed by atoms with Crippen molar-refractivity contribution in [1.82, 2.24) is 4.98 Å². The third kappa shape index (κ3) is 4.32. The van der Waals surface area contributed by atoms with Crippen LogP contribution in [0.2, 0.25) is 0 Å². The molecule has 1 saturated carbocycles. The van der Waals surface area contributed by atoms with Crippen LogP contribution in [0.25, 0.3) is 0 Å². The summed E-state index contributed by atoms with van der Waals surface area (Å²) in [7, 11) is 1.58. The van der Waals surface area contributed by atoms with E-state index in [1.807, 2.05) is 12.1 Å². The number of nitrogens with zero attached hydrogens (tertiary/aromatic N) is 1. The molecule has 0 bridgehead atoms. The van der Waals surface area contributed by atoms with E-state index in [1.165, 1.54) is 0 Å². The van der Waals surface area contributed by atoms with Crippen LogP contribution < -0.4 is 20.5 Å². The molecule has 3 rings (SSSR count). The number of benzene rings is 1. The first kappa shape index (κ1) is 18.2. The van der Waals surface area contributed by atoms with Gasteiger partial charge in [-0.1, -0.05) is 25.3 Å². The van der Waals surface area contributed by atoms with Crippen LogP contribution in [0, 0.1) is 0 Å². The first-order chi connectivity index (χ1) is 12.6. The van der Waals surface area contributed by atoms with Crippen LogP contribution >= 0.6 is 0 Å². The Labute approximate surface area is 153 Å². The lowest BCUT2D eigenvalue weighted by atomic mass is 9.82. The molecule has 0 atom stereocenters. The Kier molecular flexibility index (Phi) is 5.73. The van der Waals surface area contributed by atoms with Crippen molar-refractivity contribution in [2.45, 2.75) is 44.2 Å². The lowest BCUT2D eigenvalue weighted by molar-refractivity contribution is -0.122. The number of nitrogens with two attached hydrogens (primary N) is 1. The van der Waals surface area contributed by atoms with E-state index in [4.69, 9.17) is 15.2 Å². The summed E-state index contributed by atoms with van der Waals surface area (Å²) in [6.45, 7) is 0.364. The van der Waals surface area contributed by atoms with Crippen LogP contribution in [0.15, 0.2) is 42.7 Å². The second kappa shape index (κ2) is 8.19. The predicted molar refractivity (Wildman–Crippen MR) is 100 cm³/mol. The number of nitrogens with one attached hydrogen (secondary N) is 1. The molecule has 1 heterocycles. The molecule has 0 aliphatic heterocycles. The molecule has 0 spiro atoms. The van der Waals surface area contributed by atoms with Crippen molar-refractivity contribution < 1.29 is 14.3 Å². The zero-order valence-electron chi connectivity index (χ0n) is 15.0. The minimum atomic E-state index is -0.783. The van der Waals surface area contributed by atoms with Gasteiger partial charge in [0, 0.05) is 29.7 Å². The van der Waals surface area contributed by atoms with Gasteiger partial charge in [0.15, 0.2) is 11.5 Å². The number of hydrogen-bond donors (Lipinski definition) is 2. The summed E-state index contributed by atoms with van der Waals surface area (Å²) in [5, 5.41) is 2.93. The fourth-order valence-electron chi connectivity index (χ4n) is 3.18. The number of carbonyl (C=O) groups excluding carboxylic acids is 1. The molecular formula is C20H25N3O3. The minimum Gasteiger partial charge on any atom is -0.493 e. The van der Waals surface area contributed by atoms with Crippen molar-refractivity contribution in [1.29, 1.82) is 0 Å². The molecule has 1 amide bonds. The molecular weight excluding hydrogens is 330 g/mol. The second-order valence-corrected chi connectivity index (χ2v) is 6.69. The quantitative estimate of drug-likeness (QED) is 0.830. The third-order valence-electron chi connectivity index (χ3n) is 4.74. The van der Waals surface area contributed by atoms with Crippen molar-refractivity contribution in [2.75, 3.05) is 12.4 Å². The summed E-state index contributed by atoms with van der Waals surface area (Å²) in [5.74, 6) is 1.02. The van der Waals surface area contributed by atoms with Crippen molar-refractivity contribution in [3.8, 4) is 11.5 Å². The Balaban J connectivity index is 1.71. The van der Waals surface area contributed by atoms with Crippen LogP contribution in [-0.4, -0.2) is 23.5 Å². The zero-order valence-corrected chi connectivity index (χ0v) is 15.0. The van der Waals surface area contributed by atoms with Crippen LogP contribution in [0.4, 0.5) is 5.69 Å². The fourth-order valence-corrected chi connectivity index (χ4v) is 3.18. The highest BCUT2D eigenvalue weighted by Gasteiger charge is 2.35. The normalized spacial score (nSPS) is 15.9. The van der Waals surface area contributed by atoms with Crippen LogP contribution in [0.5, 0.6) is 11.5 Å². The standard InChI is InChI=1S/C20H25N3O3/c1-25-17-8-7-16(23-19(24)20(21)9-3-2-4-10-20)12-18(17)26-14-15-6-5-11-22-13-15/h5-8,11-13H,2-4,9-10,14,21H2,1H3,(H,23,24). The van der Waals surface area contributed by atoms with Crippen molar-refractivity contribution in [2.24, 2.45) is 5.73 Å². The number of ether oxygens (including phenoxy) is 2. The molecule has 6 heteroatoms. The van der Waals surface area contributed by atoms with Gasteiger partial charge in [0.25, 0.3) is 0 Å². The van der Waals surface area contributed by atoms with Crippen LogP contribution in [-0.2, 0) is 11.4 Å². The summed E-state index contributed by atoms with van der Waals surface area (Å²) in [4.78, 5) is 16.7. The summed E-state index contributed by atoms with van der Waals surface area (Å²) in [6.07, 6.45) is 8.03. The summed E-state index contributed by atoms with van der Waals surface area (Å²) < 4.78 is 11.2. The molecule has 1 aromatic carbocycles. The van der Waals surface area contributed by atoms with Crippen molar-refractivity contribution in [3.63, 3.8) is 0 Å². The Morgan fingerprint density at radius 2 is 2.04 bits per heavy atom. The van der Waals surface area contributed by atoms with E-state index >= 15 is 0 Å². The summed E-state index contributed by atoms with van der Waals surface area (Å²) >= 11 is 0. The molecule has 3 N–H and O–H groups in total. The minimum absolute atomic E-state index is 0.138. The molecule has 6 nitrogen and oxygen atoms in total. The molecule has 0 saturated heterocycles. The lowest BCUT2D eigenvalue weighted by Crippen LogP contribution is -2.52. The maximum Gasteiger partial charge on any atom is 0.244 e. The van der Waals surface area contributed by atoms with E-state index in [0.29, 0.717) is 23.8 Å². The van der Waals surface area contributed by atoms with E-state index in [1.54, 1.807) is 37.7 Å². The number of aromatic nitrogens is 1. The van der Waals surface area contributed by atoms with Gasteiger partial charge in [0.1, 0.15) is 6.61 Å². The van der Waals surface area contributed by atoms with Gasteiger partial charge < -0.3 is 20.5 Å². The smallest absolute Gasteiger partial charge is 0.244 e. The molecule has 138 valence electrons. The van der Waals surface area contributed by atoms with Crippen molar-refractivity contribution >= 4 is 11.6 Å². The lowest BCUT2D eigenvalue weighted by Gasteiger charge is -2.31. The topological polar surface area (TPSA) is 86.5 Å². The molecule has 0 unspecified atom stereocenters. The molecule has 1 aliphatic rings. The number of carbonyl (C=O) groups is 1. The number of anilines is 1. The Morgan fingerprint density at radius 1 is 1.23 bits per heavy atom. The average Bonchev–Trinajstić information content (AvgIpc) is 2.68. The van der Waals surface area contributed by atoms with Gasteiger partial charge in [-0.2, -0.15) is 0 Å². The Morgan fingerprint density at radius 3 is 2.73 bits per heavy atom. The van der Waals surface area contributed by atoms with Crippen molar-refractivity contribution in [3.05, 3.63) is 48.3 Å². The third-order valence-corrected chi connectivity index (χ3v) is 4.74. The molecule has 1 aromatic heterocycles. The summed E-state index contributed by atoms with van der Waals surface area (Å²) in [5.41, 5.74) is 7.12. The average molecular weight is 355 g/mol. The van der Waals surface area contributed by atoms with E-state index < -0.39 is 5.54 Å². The first-order valence-electron chi connectivity index (χ1n) is 8.91. The highest BCUT2D eigenvalue weighted by molar-refractivity contribution is 5.98. The molecule has 1 fully saturated rings. The number of pyridine rings is 1. The Bertz CT molecular complexity index is 743. The molecule has 0 radical (unpaired) electrons. The number of hydrogen-bond acceptors (Lipinski definition) is 5. The van der Waals surface area contributed by atoms with Gasteiger partial charge in [-0.25, -0.2) is 0 Å². The SMILES string of the molecule is COc1ccc(NC(=O)C2(N)CCCCC2)cc1OCc1cccnc1. The van der Waals surface area contributed by atoms with E-state index in [0.717, 1.165) is 37.7 Å². The fraction of sp³-hybridized carbons (Fsp3) is 0.400. The molecule has 1 aliphatic carbocycles. The van der Waals surface area contributed by atoms with Gasteiger partial charge >= 0.3 is 0 Å².